The SMILES string of the molecule is CC(=O)O.CCc1ccc2oc(-c3ccc(-c4nn(C5CCN(CCOC)C5)c5ncnc(N)c45)cc3)nc2c1.N. The van der Waals surface area contributed by atoms with Gasteiger partial charge in [0.05, 0.1) is 18.0 Å². The summed E-state index contributed by atoms with van der Waals surface area (Å²) in [5, 5.41) is 13.2. The minimum atomic E-state index is -0.833. The first-order chi connectivity index (χ1) is 19.4. The van der Waals surface area contributed by atoms with E-state index in [4.69, 9.17) is 34.9 Å². The van der Waals surface area contributed by atoms with E-state index in [0.717, 1.165) is 85.0 Å². The minimum absolute atomic E-state index is 0. The van der Waals surface area contributed by atoms with Crippen LogP contribution in [0.3, 0.4) is 0 Å². The molecule has 6 rings (SSSR count). The summed E-state index contributed by atoms with van der Waals surface area (Å²) < 4.78 is 13.3. The van der Waals surface area contributed by atoms with Crippen molar-refractivity contribution in [3.8, 4) is 22.7 Å². The summed E-state index contributed by atoms with van der Waals surface area (Å²) in [5.41, 5.74) is 12.6. The predicted molar refractivity (Wildman–Crippen MR) is 158 cm³/mol. The van der Waals surface area contributed by atoms with Gasteiger partial charge in [0.15, 0.2) is 11.2 Å². The third kappa shape index (κ3) is 6.35. The lowest BCUT2D eigenvalue weighted by molar-refractivity contribution is -0.134. The highest BCUT2D eigenvalue weighted by Gasteiger charge is 2.28. The molecule has 6 N–H and O–H groups in total. The van der Waals surface area contributed by atoms with Crippen LogP contribution >= 0.6 is 0 Å². The highest BCUT2D eigenvalue weighted by molar-refractivity contribution is 5.98. The van der Waals surface area contributed by atoms with Crippen molar-refractivity contribution in [2.24, 2.45) is 0 Å². The third-order valence-corrected chi connectivity index (χ3v) is 6.99. The van der Waals surface area contributed by atoms with Gasteiger partial charge >= 0.3 is 0 Å². The van der Waals surface area contributed by atoms with Crippen molar-refractivity contribution in [1.82, 2.24) is 35.8 Å². The number of nitrogen functional groups attached to an aromatic ring is 1. The molecule has 0 radical (unpaired) electrons. The van der Waals surface area contributed by atoms with Crippen LogP contribution < -0.4 is 11.9 Å². The summed E-state index contributed by atoms with van der Waals surface area (Å²) in [5.74, 6) is 0.204. The Kier molecular flexibility index (Phi) is 9.28. The summed E-state index contributed by atoms with van der Waals surface area (Å²) in [6.07, 6.45) is 3.48. The fourth-order valence-electron chi connectivity index (χ4n) is 4.97. The molecule has 216 valence electrons. The molecule has 0 amide bonds. The normalized spacial score (nSPS) is 15.0. The van der Waals surface area contributed by atoms with Crippen LogP contribution in [0.25, 0.3) is 44.8 Å². The molecular weight excluding hydrogens is 524 g/mol. The number of ether oxygens (including phenoxy) is 1. The van der Waals surface area contributed by atoms with E-state index in [-0.39, 0.29) is 12.2 Å². The molecule has 1 fully saturated rings. The average molecular weight is 561 g/mol. The number of anilines is 1. The van der Waals surface area contributed by atoms with Crippen molar-refractivity contribution >= 4 is 33.9 Å². The molecule has 12 heteroatoms. The van der Waals surface area contributed by atoms with Crippen molar-refractivity contribution in [3.63, 3.8) is 0 Å². The van der Waals surface area contributed by atoms with Gasteiger partial charge in [0.2, 0.25) is 5.89 Å². The zero-order valence-corrected chi connectivity index (χ0v) is 23.6. The summed E-state index contributed by atoms with van der Waals surface area (Å²) in [4.78, 5) is 24.9. The van der Waals surface area contributed by atoms with Gasteiger partial charge in [-0.3, -0.25) is 9.69 Å². The standard InChI is InChI=1S/C27H29N7O2.C2H4O2.H3N/c1-3-17-4-9-22-21(14-17)31-27(36-22)19-7-5-18(6-8-19)24-23-25(28)29-16-30-26(23)34(32-24)20-10-11-33(15-20)12-13-35-2;1-2(3)4;/h4-9,14,16,20H,3,10-13,15H2,1-2H3,(H2,28,29,30);1H3,(H,3,4);1H3. The van der Waals surface area contributed by atoms with Crippen molar-refractivity contribution in [3.05, 3.63) is 54.4 Å². The van der Waals surface area contributed by atoms with E-state index in [9.17, 15) is 0 Å². The molecule has 0 aliphatic carbocycles. The lowest BCUT2D eigenvalue weighted by Gasteiger charge is -2.15. The summed E-state index contributed by atoms with van der Waals surface area (Å²) >= 11 is 0. The average Bonchev–Trinajstić information content (AvgIpc) is 3.68. The van der Waals surface area contributed by atoms with E-state index in [0.29, 0.717) is 11.7 Å². The number of benzene rings is 2. The number of aromatic nitrogens is 5. The maximum atomic E-state index is 9.00. The topological polar surface area (TPSA) is 180 Å². The molecule has 1 aliphatic heterocycles. The second-order valence-corrected chi connectivity index (χ2v) is 9.76. The number of hydrogen-bond donors (Lipinski definition) is 3. The number of aliphatic carboxylic acids is 1. The number of oxazole rings is 1. The number of carbonyl (C=O) groups is 1. The van der Waals surface area contributed by atoms with Gasteiger partial charge in [0.25, 0.3) is 5.97 Å². The van der Waals surface area contributed by atoms with Crippen LogP contribution in [0, 0.1) is 0 Å². The minimum Gasteiger partial charge on any atom is -0.481 e. The zero-order chi connectivity index (χ0) is 28.2. The Morgan fingerprint density at radius 1 is 1.17 bits per heavy atom. The summed E-state index contributed by atoms with van der Waals surface area (Å²) in [6.45, 7) is 6.75. The molecule has 41 heavy (non-hydrogen) atoms. The molecule has 4 heterocycles. The van der Waals surface area contributed by atoms with Gasteiger partial charge < -0.3 is 26.1 Å². The number of carboxylic acids is 1. The first kappa shape index (κ1) is 29.6. The monoisotopic (exact) mass is 560 g/mol. The van der Waals surface area contributed by atoms with Crippen molar-refractivity contribution in [2.75, 3.05) is 39.1 Å². The lowest BCUT2D eigenvalue weighted by Crippen LogP contribution is -2.25. The van der Waals surface area contributed by atoms with Gasteiger partial charge in [-0.1, -0.05) is 25.1 Å². The lowest BCUT2D eigenvalue weighted by atomic mass is 10.1. The number of carboxylic acid groups (broad SMARTS) is 1. The van der Waals surface area contributed by atoms with E-state index >= 15 is 0 Å². The first-order valence-corrected chi connectivity index (χ1v) is 13.3. The van der Waals surface area contributed by atoms with Gasteiger partial charge in [-0.25, -0.2) is 19.6 Å². The number of aryl methyl sites for hydroxylation is 1. The number of nitrogens with two attached hydrogens (primary N) is 1. The highest BCUT2D eigenvalue weighted by atomic mass is 16.5. The number of methoxy groups -OCH3 is 1. The number of rotatable bonds is 7. The van der Waals surface area contributed by atoms with Gasteiger partial charge in [0, 0.05) is 44.8 Å². The Morgan fingerprint density at radius 3 is 2.61 bits per heavy atom. The van der Waals surface area contributed by atoms with Crippen LogP contribution in [0.15, 0.2) is 53.2 Å². The molecule has 1 saturated heterocycles. The third-order valence-electron chi connectivity index (χ3n) is 6.99. The van der Waals surface area contributed by atoms with Gasteiger partial charge in [-0.2, -0.15) is 5.10 Å². The molecule has 3 aromatic heterocycles. The van der Waals surface area contributed by atoms with Crippen LogP contribution in [0.4, 0.5) is 5.82 Å². The Labute approximate surface area is 237 Å². The van der Waals surface area contributed by atoms with Gasteiger partial charge in [-0.05, 0) is 42.7 Å². The largest absolute Gasteiger partial charge is 0.481 e. The molecule has 0 saturated carbocycles. The van der Waals surface area contributed by atoms with Crippen molar-refractivity contribution < 1.29 is 19.1 Å². The molecule has 12 nitrogen and oxygen atoms in total. The van der Waals surface area contributed by atoms with E-state index in [2.05, 4.69) is 33.9 Å². The second kappa shape index (κ2) is 12.9. The smallest absolute Gasteiger partial charge is 0.300 e. The number of fused-ring (bicyclic) bond motifs is 2. The first-order valence-electron chi connectivity index (χ1n) is 13.3. The Bertz CT molecular complexity index is 1630. The maximum absolute atomic E-state index is 9.00. The number of nitrogens with zero attached hydrogens (tertiary/aromatic N) is 6. The number of hydrogen-bond acceptors (Lipinski definition) is 10. The zero-order valence-electron chi connectivity index (χ0n) is 23.6. The molecule has 2 aromatic carbocycles. The fourth-order valence-corrected chi connectivity index (χ4v) is 4.97. The molecule has 5 aromatic rings. The summed E-state index contributed by atoms with van der Waals surface area (Å²) in [6, 6.07) is 14.4. The van der Waals surface area contributed by atoms with Gasteiger partial charge in [-0.15, -0.1) is 0 Å². The Hall–Kier alpha value is -4.39. The molecule has 1 unspecified atom stereocenters. The van der Waals surface area contributed by atoms with E-state index in [1.807, 2.05) is 35.0 Å². The van der Waals surface area contributed by atoms with Crippen LogP contribution in [0.1, 0.15) is 31.9 Å². The summed E-state index contributed by atoms with van der Waals surface area (Å²) in [7, 11) is 1.73. The molecule has 0 bridgehead atoms. The van der Waals surface area contributed by atoms with Gasteiger partial charge in [0.1, 0.15) is 23.4 Å². The van der Waals surface area contributed by atoms with Crippen LogP contribution in [0.2, 0.25) is 0 Å². The van der Waals surface area contributed by atoms with E-state index in [1.165, 1.54) is 11.9 Å². The fraction of sp³-hybridized carbons (Fsp3) is 0.345. The molecule has 0 spiro atoms. The Balaban J connectivity index is 0.000000729. The number of likely N-dealkylation sites (tertiary alicyclic amines) is 1. The van der Waals surface area contributed by atoms with Crippen molar-refractivity contribution in [2.45, 2.75) is 32.7 Å². The second-order valence-electron chi connectivity index (χ2n) is 9.76. The van der Waals surface area contributed by atoms with Crippen LogP contribution in [0.5, 0.6) is 0 Å². The van der Waals surface area contributed by atoms with E-state index in [1.54, 1.807) is 7.11 Å². The van der Waals surface area contributed by atoms with Crippen LogP contribution in [-0.2, 0) is 16.0 Å². The molecular formula is C29H36N8O4. The maximum Gasteiger partial charge on any atom is 0.300 e. The van der Waals surface area contributed by atoms with E-state index < -0.39 is 5.97 Å². The van der Waals surface area contributed by atoms with Crippen LogP contribution in [-0.4, -0.2) is 74.1 Å². The molecule has 1 aliphatic rings. The highest BCUT2D eigenvalue weighted by Crippen LogP contribution is 2.35. The quantitative estimate of drug-likeness (QED) is 0.253. The predicted octanol–water partition coefficient (Wildman–Crippen LogP) is 4.59. The Morgan fingerprint density at radius 2 is 1.90 bits per heavy atom. The molecule has 1 atom stereocenters. The van der Waals surface area contributed by atoms with Crippen molar-refractivity contribution in [1.29, 1.82) is 0 Å².